The van der Waals surface area contributed by atoms with Gasteiger partial charge in [0.25, 0.3) is 0 Å². The summed E-state index contributed by atoms with van der Waals surface area (Å²) in [5, 5.41) is 40.7. The number of hydrogen-bond acceptors (Lipinski definition) is 5. The van der Waals surface area contributed by atoms with Gasteiger partial charge in [0.1, 0.15) is 30.0 Å². The van der Waals surface area contributed by atoms with E-state index in [1.807, 2.05) is 6.07 Å². The highest BCUT2D eigenvalue weighted by Crippen LogP contribution is 2.31. The molecule has 1 atom stereocenters. The number of aliphatic hydroxyl groups excluding tert-OH is 1. The minimum atomic E-state index is -0.986. The van der Waals surface area contributed by atoms with E-state index in [1.165, 1.54) is 0 Å². The lowest BCUT2D eigenvalue weighted by molar-refractivity contribution is 0.221. The van der Waals surface area contributed by atoms with Gasteiger partial charge in [0, 0.05) is 16.3 Å². The maximum Gasteiger partial charge on any atom is 0.163 e. The lowest BCUT2D eigenvalue weighted by atomic mass is 9.99. The molecule has 0 aliphatic heterocycles. The number of nitriles is 3. The predicted octanol–water partition coefficient (Wildman–Crippen LogP) is 3.66. The summed E-state index contributed by atoms with van der Waals surface area (Å²) in [6, 6.07) is 18.8. The zero-order chi connectivity index (χ0) is 17.5. The molecule has 2 N–H and O–H groups in total. The molecule has 0 aliphatic rings. The highest BCUT2D eigenvalue weighted by Gasteiger charge is 2.17. The molecular formula is C18H11ClN4O. The maximum absolute atomic E-state index is 10.6. The SMILES string of the molecule is N#CC(C#N)=C(C#N)Nc1ccc(Cl)cc1C(O)c1ccccc1. The first-order valence-corrected chi connectivity index (χ1v) is 7.22. The summed E-state index contributed by atoms with van der Waals surface area (Å²) in [6.07, 6.45) is -0.986. The van der Waals surface area contributed by atoms with Crippen molar-refractivity contribution < 1.29 is 5.11 Å². The summed E-state index contributed by atoms with van der Waals surface area (Å²) in [4.78, 5) is 0. The highest BCUT2D eigenvalue weighted by atomic mass is 35.5. The third-order valence-corrected chi connectivity index (χ3v) is 3.50. The molecule has 0 heterocycles. The second-order valence-corrected chi connectivity index (χ2v) is 5.19. The number of allylic oxidation sites excluding steroid dienone is 2. The van der Waals surface area contributed by atoms with Crippen molar-refractivity contribution in [3.8, 4) is 18.2 Å². The van der Waals surface area contributed by atoms with Crippen molar-refractivity contribution in [3.63, 3.8) is 0 Å². The fourth-order valence-electron chi connectivity index (χ4n) is 2.11. The molecule has 2 aromatic carbocycles. The van der Waals surface area contributed by atoms with Crippen LogP contribution in [-0.4, -0.2) is 5.11 Å². The second-order valence-electron chi connectivity index (χ2n) is 4.76. The van der Waals surface area contributed by atoms with Crippen molar-refractivity contribution in [2.75, 3.05) is 5.32 Å². The molecule has 0 spiro atoms. The van der Waals surface area contributed by atoms with E-state index in [-0.39, 0.29) is 11.3 Å². The van der Waals surface area contributed by atoms with Gasteiger partial charge in [0.2, 0.25) is 0 Å². The molecule has 0 radical (unpaired) electrons. The molecule has 0 aromatic heterocycles. The van der Waals surface area contributed by atoms with Crippen LogP contribution in [0, 0.1) is 34.0 Å². The molecule has 0 bridgehead atoms. The molecule has 24 heavy (non-hydrogen) atoms. The Hall–Kier alpha value is -3.30. The number of aliphatic hydroxyl groups is 1. The number of hydrogen-bond donors (Lipinski definition) is 2. The van der Waals surface area contributed by atoms with Crippen LogP contribution in [0.3, 0.4) is 0 Å². The molecule has 2 rings (SSSR count). The van der Waals surface area contributed by atoms with Gasteiger partial charge in [-0.15, -0.1) is 0 Å². The zero-order valence-electron chi connectivity index (χ0n) is 12.4. The van der Waals surface area contributed by atoms with Crippen LogP contribution >= 0.6 is 11.6 Å². The van der Waals surface area contributed by atoms with Crippen molar-refractivity contribution in [2.24, 2.45) is 0 Å². The molecule has 0 aliphatic carbocycles. The molecule has 0 saturated carbocycles. The summed E-state index contributed by atoms with van der Waals surface area (Å²) < 4.78 is 0. The van der Waals surface area contributed by atoms with Gasteiger partial charge in [0.15, 0.2) is 5.57 Å². The van der Waals surface area contributed by atoms with Crippen LogP contribution in [0.1, 0.15) is 17.2 Å². The Balaban J connectivity index is 2.50. The van der Waals surface area contributed by atoms with Crippen LogP contribution < -0.4 is 5.32 Å². The minimum absolute atomic E-state index is 0.191. The van der Waals surface area contributed by atoms with Crippen LogP contribution in [0.4, 0.5) is 5.69 Å². The number of nitrogens with zero attached hydrogens (tertiary/aromatic N) is 3. The number of nitrogens with one attached hydrogen (secondary N) is 1. The number of benzene rings is 2. The highest BCUT2D eigenvalue weighted by molar-refractivity contribution is 6.30. The average Bonchev–Trinajstić information content (AvgIpc) is 2.63. The lowest BCUT2D eigenvalue weighted by Crippen LogP contribution is -2.07. The van der Waals surface area contributed by atoms with Crippen molar-refractivity contribution in [2.45, 2.75) is 6.10 Å². The van der Waals surface area contributed by atoms with Crippen molar-refractivity contribution in [1.82, 2.24) is 0 Å². The van der Waals surface area contributed by atoms with E-state index in [0.29, 0.717) is 21.8 Å². The molecular weight excluding hydrogens is 324 g/mol. The molecule has 5 nitrogen and oxygen atoms in total. The number of anilines is 1. The van der Waals surface area contributed by atoms with Crippen molar-refractivity contribution in [1.29, 1.82) is 15.8 Å². The van der Waals surface area contributed by atoms with Crippen LogP contribution in [0.25, 0.3) is 0 Å². The largest absolute Gasteiger partial charge is 0.384 e. The summed E-state index contributed by atoms with van der Waals surface area (Å²) >= 11 is 6.02. The minimum Gasteiger partial charge on any atom is -0.384 e. The van der Waals surface area contributed by atoms with E-state index >= 15 is 0 Å². The van der Waals surface area contributed by atoms with Crippen molar-refractivity contribution in [3.05, 3.63) is 76.0 Å². The summed E-state index contributed by atoms with van der Waals surface area (Å²) in [7, 11) is 0. The summed E-state index contributed by atoms with van der Waals surface area (Å²) in [5.74, 6) is 0. The van der Waals surface area contributed by atoms with Gasteiger partial charge < -0.3 is 10.4 Å². The number of halogens is 1. The molecule has 0 saturated heterocycles. The first-order chi connectivity index (χ1) is 11.6. The maximum atomic E-state index is 10.6. The third-order valence-electron chi connectivity index (χ3n) is 3.27. The smallest absolute Gasteiger partial charge is 0.163 e. The van der Waals surface area contributed by atoms with E-state index in [4.69, 9.17) is 27.4 Å². The Morgan fingerprint density at radius 2 is 1.67 bits per heavy atom. The van der Waals surface area contributed by atoms with Gasteiger partial charge in [-0.05, 0) is 23.8 Å². The van der Waals surface area contributed by atoms with E-state index in [2.05, 4.69) is 5.32 Å². The first kappa shape index (κ1) is 17.1. The van der Waals surface area contributed by atoms with Crippen molar-refractivity contribution >= 4 is 17.3 Å². The number of rotatable bonds is 4. The van der Waals surface area contributed by atoms with Crippen LogP contribution in [0.2, 0.25) is 5.02 Å². The van der Waals surface area contributed by atoms with Crippen LogP contribution in [-0.2, 0) is 0 Å². The second kappa shape index (κ2) is 7.81. The monoisotopic (exact) mass is 334 g/mol. The Morgan fingerprint density at radius 1 is 1.00 bits per heavy atom. The molecule has 116 valence electrons. The summed E-state index contributed by atoms with van der Waals surface area (Å²) in [5.41, 5.74) is 0.925. The molecule has 1 unspecified atom stereocenters. The van der Waals surface area contributed by atoms with E-state index in [0.717, 1.165) is 0 Å². The molecule has 6 heteroatoms. The predicted molar refractivity (Wildman–Crippen MR) is 89.4 cm³/mol. The van der Waals surface area contributed by atoms with E-state index in [1.54, 1.807) is 60.7 Å². The van der Waals surface area contributed by atoms with Gasteiger partial charge in [-0.25, -0.2) is 0 Å². The Kier molecular flexibility index (Phi) is 5.55. The summed E-state index contributed by atoms with van der Waals surface area (Å²) in [6.45, 7) is 0. The zero-order valence-corrected chi connectivity index (χ0v) is 13.1. The van der Waals surface area contributed by atoms with E-state index in [9.17, 15) is 5.11 Å². The fraction of sp³-hybridized carbons (Fsp3) is 0.0556. The lowest BCUT2D eigenvalue weighted by Gasteiger charge is -2.17. The molecule has 0 fully saturated rings. The van der Waals surface area contributed by atoms with Crippen LogP contribution in [0.5, 0.6) is 0 Å². The Morgan fingerprint density at radius 3 is 2.25 bits per heavy atom. The third kappa shape index (κ3) is 3.72. The topological polar surface area (TPSA) is 104 Å². The molecule has 0 amide bonds. The van der Waals surface area contributed by atoms with Crippen LogP contribution in [0.15, 0.2) is 59.8 Å². The standard InChI is InChI=1S/C18H11ClN4O/c19-14-6-7-16(23-17(11-22)13(9-20)10-21)15(8-14)18(24)12-4-2-1-3-5-12/h1-8,18,23-24H. The first-order valence-electron chi connectivity index (χ1n) is 6.84. The fourth-order valence-corrected chi connectivity index (χ4v) is 2.29. The van der Waals surface area contributed by atoms with Gasteiger partial charge in [0.05, 0.1) is 0 Å². The Bertz CT molecular complexity index is 885. The van der Waals surface area contributed by atoms with Gasteiger partial charge in [-0.3, -0.25) is 0 Å². The average molecular weight is 335 g/mol. The van der Waals surface area contributed by atoms with E-state index < -0.39 is 6.10 Å². The quantitative estimate of drug-likeness (QED) is 0.830. The van der Waals surface area contributed by atoms with Gasteiger partial charge >= 0.3 is 0 Å². The van der Waals surface area contributed by atoms with Gasteiger partial charge in [-0.1, -0.05) is 41.9 Å². The van der Waals surface area contributed by atoms with Gasteiger partial charge in [-0.2, -0.15) is 15.8 Å². The normalized spacial score (nSPS) is 10.6. The molecule has 2 aromatic rings. The Labute approximate surface area is 144 Å².